The van der Waals surface area contributed by atoms with Gasteiger partial charge in [0.15, 0.2) is 11.5 Å². The second-order valence-corrected chi connectivity index (χ2v) is 7.34. The van der Waals surface area contributed by atoms with Gasteiger partial charge in [-0.15, -0.1) is 0 Å². The number of aromatic carboxylic acids is 1. The summed E-state index contributed by atoms with van der Waals surface area (Å²) in [5.74, 6) is -0.959. The van der Waals surface area contributed by atoms with Gasteiger partial charge in [-0.2, -0.15) is 5.26 Å². The zero-order chi connectivity index (χ0) is 24.0. The predicted octanol–water partition coefficient (Wildman–Crippen LogP) is 5.42. The minimum atomic E-state index is -1.17. The molecule has 33 heavy (non-hydrogen) atoms. The number of carboxylic acid groups (broad SMARTS) is 1. The van der Waals surface area contributed by atoms with Crippen LogP contribution in [0.1, 0.15) is 21.9 Å². The molecule has 0 fully saturated rings. The Morgan fingerprint density at radius 3 is 2.55 bits per heavy atom. The number of hydrogen-bond donors (Lipinski definition) is 2. The molecule has 3 aromatic rings. The molecule has 8 nitrogen and oxygen atoms in total. The van der Waals surface area contributed by atoms with E-state index >= 15 is 0 Å². The smallest absolute Gasteiger partial charge is 0.371 e. The number of ether oxygens (including phenoxy) is 2. The summed E-state index contributed by atoms with van der Waals surface area (Å²) in [5, 5.41) is 21.5. The number of benzene rings is 2. The quantitative estimate of drug-likeness (QED) is 0.322. The van der Waals surface area contributed by atoms with Gasteiger partial charge in [0.2, 0.25) is 5.76 Å². The summed E-state index contributed by atoms with van der Waals surface area (Å²) in [6, 6.07) is 14.1. The number of carboxylic acids is 1. The van der Waals surface area contributed by atoms with Crippen LogP contribution in [0.2, 0.25) is 10.0 Å². The van der Waals surface area contributed by atoms with Gasteiger partial charge in [0, 0.05) is 5.69 Å². The molecule has 0 saturated heterocycles. The molecule has 0 bridgehead atoms. The molecule has 0 aliphatic heterocycles. The number of anilines is 1. The van der Waals surface area contributed by atoms with Crippen LogP contribution in [0.15, 0.2) is 58.5 Å². The van der Waals surface area contributed by atoms with Crippen molar-refractivity contribution in [2.75, 3.05) is 12.4 Å². The van der Waals surface area contributed by atoms with E-state index in [0.29, 0.717) is 33.5 Å². The van der Waals surface area contributed by atoms with E-state index < -0.39 is 11.9 Å². The largest absolute Gasteiger partial charge is 0.493 e. The molecule has 0 aliphatic rings. The number of rotatable bonds is 8. The summed E-state index contributed by atoms with van der Waals surface area (Å²) in [5.41, 5.74) is 0.764. The first-order valence-electron chi connectivity index (χ1n) is 9.31. The topological polar surface area (TPSA) is 122 Å². The van der Waals surface area contributed by atoms with E-state index in [9.17, 15) is 14.9 Å². The van der Waals surface area contributed by atoms with Gasteiger partial charge in [-0.25, -0.2) is 4.79 Å². The molecule has 0 saturated carbocycles. The van der Waals surface area contributed by atoms with Gasteiger partial charge < -0.3 is 24.3 Å². The van der Waals surface area contributed by atoms with Crippen molar-refractivity contribution in [2.45, 2.75) is 6.61 Å². The third-order valence-corrected chi connectivity index (χ3v) is 5.02. The molecule has 2 N–H and O–H groups in total. The zero-order valence-electron chi connectivity index (χ0n) is 17.1. The number of nitrogens with zero attached hydrogens (tertiary/aromatic N) is 1. The summed E-state index contributed by atoms with van der Waals surface area (Å²) in [6.07, 6.45) is 1.39. The number of nitrogens with one attached hydrogen (secondary N) is 1. The maximum atomic E-state index is 12.5. The van der Waals surface area contributed by atoms with E-state index in [2.05, 4.69) is 5.32 Å². The van der Waals surface area contributed by atoms with Crippen LogP contribution in [0.25, 0.3) is 6.08 Å². The SMILES string of the molecule is COc1cc(C=C(C#N)C(=O)Nc2ccc(Cl)c(Cl)c2)ccc1OCc1ccc(C(=O)O)o1. The van der Waals surface area contributed by atoms with Crippen molar-refractivity contribution in [1.29, 1.82) is 5.26 Å². The van der Waals surface area contributed by atoms with Crippen LogP contribution < -0.4 is 14.8 Å². The maximum absolute atomic E-state index is 12.5. The normalized spacial score (nSPS) is 10.9. The fourth-order valence-electron chi connectivity index (χ4n) is 2.70. The van der Waals surface area contributed by atoms with Crippen LogP contribution >= 0.6 is 23.2 Å². The molecule has 3 rings (SSSR count). The number of carbonyl (C=O) groups excluding carboxylic acids is 1. The Morgan fingerprint density at radius 1 is 1.12 bits per heavy atom. The van der Waals surface area contributed by atoms with Gasteiger partial charge in [0.05, 0.1) is 17.2 Å². The van der Waals surface area contributed by atoms with Crippen LogP contribution in [0.5, 0.6) is 11.5 Å². The van der Waals surface area contributed by atoms with Gasteiger partial charge in [0.1, 0.15) is 24.0 Å². The second-order valence-electron chi connectivity index (χ2n) is 6.52. The van der Waals surface area contributed by atoms with Gasteiger partial charge in [-0.05, 0) is 54.1 Å². The minimum Gasteiger partial charge on any atom is -0.493 e. The number of halogens is 2. The molecule has 10 heteroatoms. The van der Waals surface area contributed by atoms with Crippen molar-refractivity contribution >= 4 is 46.8 Å². The summed E-state index contributed by atoms with van der Waals surface area (Å²) in [4.78, 5) is 23.4. The molecule has 0 aliphatic carbocycles. The van der Waals surface area contributed by atoms with Gasteiger partial charge >= 0.3 is 5.97 Å². The van der Waals surface area contributed by atoms with E-state index in [0.717, 1.165) is 0 Å². The van der Waals surface area contributed by atoms with Crippen LogP contribution in [-0.2, 0) is 11.4 Å². The Labute approximate surface area is 198 Å². The van der Waals surface area contributed by atoms with Gasteiger partial charge in [-0.3, -0.25) is 4.79 Å². The second kappa shape index (κ2) is 10.6. The summed E-state index contributed by atoms with van der Waals surface area (Å²) < 4.78 is 16.1. The lowest BCUT2D eigenvalue weighted by Crippen LogP contribution is -2.13. The monoisotopic (exact) mass is 486 g/mol. The Morgan fingerprint density at radius 2 is 1.91 bits per heavy atom. The molecule has 2 aromatic carbocycles. The fraction of sp³-hybridized carbons (Fsp3) is 0.0870. The first-order chi connectivity index (χ1) is 15.8. The fourth-order valence-corrected chi connectivity index (χ4v) is 3.00. The Bertz CT molecular complexity index is 1280. The third-order valence-electron chi connectivity index (χ3n) is 4.28. The molecule has 1 aromatic heterocycles. The first kappa shape index (κ1) is 23.7. The van der Waals surface area contributed by atoms with Crippen LogP contribution in [-0.4, -0.2) is 24.1 Å². The number of carbonyl (C=O) groups is 2. The highest BCUT2D eigenvalue weighted by molar-refractivity contribution is 6.42. The molecule has 1 heterocycles. The Kier molecular flexibility index (Phi) is 7.61. The van der Waals surface area contributed by atoms with E-state index in [-0.39, 0.29) is 23.0 Å². The lowest BCUT2D eigenvalue weighted by atomic mass is 10.1. The van der Waals surface area contributed by atoms with Crippen LogP contribution in [0.3, 0.4) is 0 Å². The first-order valence-corrected chi connectivity index (χ1v) is 10.1. The van der Waals surface area contributed by atoms with E-state index in [4.69, 9.17) is 42.2 Å². The number of hydrogen-bond acceptors (Lipinski definition) is 6. The number of amides is 1. The molecule has 0 radical (unpaired) electrons. The van der Waals surface area contributed by atoms with Crippen LogP contribution in [0, 0.1) is 11.3 Å². The van der Waals surface area contributed by atoms with Crippen molar-refractivity contribution in [3.05, 3.63) is 81.2 Å². The standard InChI is InChI=1S/C23H16Cl2N2O6/c1-31-21-9-13(2-6-19(21)32-12-16-4-7-20(33-16)23(29)30)8-14(11-26)22(28)27-15-3-5-17(24)18(25)10-15/h2-10H,12H2,1H3,(H,27,28)(H,29,30). The van der Waals surface area contributed by atoms with E-state index in [1.165, 1.54) is 37.5 Å². The summed E-state index contributed by atoms with van der Waals surface area (Å²) in [7, 11) is 1.44. The number of furan rings is 1. The predicted molar refractivity (Wildman–Crippen MR) is 122 cm³/mol. The highest BCUT2D eigenvalue weighted by Crippen LogP contribution is 2.30. The van der Waals surface area contributed by atoms with Crippen molar-refractivity contribution in [1.82, 2.24) is 0 Å². The summed E-state index contributed by atoms with van der Waals surface area (Å²) >= 11 is 11.8. The van der Waals surface area contributed by atoms with Crippen molar-refractivity contribution < 1.29 is 28.6 Å². The molecular weight excluding hydrogens is 471 g/mol. The molecule has 0 atom stereocenters. The molecule has 0 unspecified atom stereocenters. The maximum Gasteiger partial charge on any atom is 0.371 e. The average Bonchev–Trinajstić information content (AvgIpc) is 3.28. The zero-order valence-corrected chi connectivity index (χ0v) is 18.6. The third kappa shape index (κ3) is 6.07. The summed E-state index contributed by atoms with van der Waals surface area (Å²) in [6.45, 7) is -0.0195. The van der Waals surface area contributed by atoms with Crippen molar-refractivity contribution in [2.24, 2.45) is 0 Å². The lowest BCUT2D eigenvalue weighted by Gasteiger charge is -2.11. The number of nitriles is 1. The molecule has 0 spiro atoms. The average molecular weight is 487 g/mol. The van der Waals surface area contributed by atoms with Gasteiger partial charge in [0.25, 0.3) is 5.91 Å². The van der Waals surface area contributed by atoms with E-state index in [1.54, 1.807) is 24.3 Å². The van der Waals surface area contributed by atoms with Crippen molar-refractivity contribution in [3.8, 4) is 17.6 Å². The highest BCUT2D eigenvalue weighted by Gasteiger charge is 2.13. The minimum absolute atomic E-state index is 0.0195. The highest BCUT2D eigenvalue weighted by atomic mass is 35.5. The number of methoxy groups -OCH3 is 1. The lowest BCUT2D eigenvalue weighted by molar-refractivity contribution is -0.112. The van der Waals surface area contributed by atoms with Crippen molar-refractivity contribution in [3.63, 3.8) is 0 Å². The molecule has 1 amide bonds. The van der Waals surface area contributed by atoms with Gasteiger partial charge in [-0.1, -0.05) is 29.3 Å². The molecule has 168 valence electrons. The Balaban J connectivity index is 1.74. The Hall–Kier alpha value is -3.93. The van der Waals surface area contributed by atoms with Crippen LogP contribution in [0.4, 0.5) is 5.69 Å². The van der Waals surface area contributed by atoms with E-state index in [1.807, 2.05) is 6.07 Å². The molecular formula is C23H16Cl2N2O6.